The minimum absolute atomic E-state index is 0.192. The molecule has 0 fully saturated rings. The number of rotatable bonds is 6. The zero-order valence-corrected chi connectivity index (χ0v) is 20.5. The van der Waals surface area contributed by atoms with Crippen molar-refractivity contribution < 1.29 is 4.79 Å². The number of carbonyl (C=O) groups is 1. The Bertz CT molecular complexity index is 1420. The van der Waals surface area contributed by atoms with Gasteiger partial charge in [-0.15, -0.1) is 10.2 Å². The quantitative estimate of drug-likeness (QED) is 0.318. The molecule has 7 nitrogen and oxygen atoms in total. The van der Waals surface area contributed by atoms with Crippen LogP contribution in [-0.4, -0.2) is 30.8 Å². The number of anilines is 1. The fourth-order valence-electron chi connectivity index (χ4n) is 3.82. The summed E-state index contributed by atoms with van der Waals surface area (Å²) >= 11 is 6.93. The molecular weight excluding hydrogens is 476 g/mol. The van der Waals surface area contributed by atoms with E-state index in [4.69, 9.17) is 12.2 Å². The highest BCUT2D eigenvalue weighted by atomic mass is 32.1. The molecule has 0 aliphatic carbocycles. The largest absolute Gasteiger partial charge is 0.332 e. The summed E-state index contributed by atoms with van der Waals surface area (Å²) in [5.74, 6) is 0.181. The lowest BCUT2D eigenvalue weighted by molar-refractivity contribution is -0.120. The second kappa shape index (κ2) is 10.1. The van der Waals surface area contributed by atoms with Gasteiger partial charge in [0, 0.05) is 17.7 Å². The van der Waals surface area contributed by atoms with Crippen molar-refractivity contribution in [2.24, 2.45) is 0 Å². The summed E-state index contributed by atoms with van der Waals surface area (Å²) < 4.78 is 1.78. The number of thiocarbonyl (C=S) groups is 1. The molecule has 5 aromatic rings. The Morgan fingerprint density at radius 2 is 1.57 bits per heavy atom. The first-order chi connectivity index (χ1) is 17.1. The molecule has 0 unspecified atom stereocenters. The molecule has 35 heavy (non-hydrogen) atoms. The maximum absolute atomic E-state index is 13.2. The first-order valence-corrected chi connectivity index (χ1v) is 12.4. The van der Waals surface area contributed by atoms with Crippen molar-refractivity contribution in [3.63, 3.8) is 0 Å². The summed E-state index contributed by atoms with van der Waals surface area (Å²) in [4.78, 5) is 14.0. The van der Waals surface area contributed by atoms with Crippen LogP contribution in [0, 0.1) is 0 Å². The van der Waals surface area contributed by atoms with E-state index >= 15 is 0 Å². The molecule has 2 N–H and O–H groups in total. The maximum atomic E-state index is 13.2. The lowest BCUT2D eigenvalue weighted by atomic mass is 9.90. The van der Waals surface area contributed by atoms with Gasteiger partial charge in [0.1, 0.15) is 5.01 Å². The molecule has 0 aliphatic rings. The van der Waals surface area contributed by atoms with Gasteiger partial charge in [-0.1, -0.05) is 78.9 Å². The monoisotopic (exact) mass is 498 g/mol. The number of aromatic nitrogens is 4. The van der Waals surface area contributed by atoms with Crippen LogP contribution in [0.5, 0.6) is 0 Å². The van der Waals surface area contributed by atoms with Crippen molar-refractivity contribution >= 4 is 45.2 Å². The molecule has 5 rings (SSSR count). The number of hydrogen-bond acceptors (Lipinski definition) is 6. The van der Waals surface area contributed by atoms with E-state index in [1.54, 1.807) is 4.52 Å². The van der Waals surface area contributed by atoms with E-state index in [-0.39, 0.29) is 11.0 Å². The Labute approximate surface area is 211 Å². The summed E-state index contributed by atoms with van der Waals surface area (Å²) in [5, 5.41) is 20.0. The Morgan fingerprint density at radius 1 is 0.943 bits per heavy atom. The number of amides is 1. The van der Waals surface area contributed by atoms with Crippen molar-refractivity contribution in [3.8, 4) is 10.6 Å². The van der Waals surface area contributed by atoms with Gasteiger partial charge in [0.15, 0.2) is 10.9 Å². The third-order valence-corrected chi connectivity index (χ3v) is 6.68. The highest BCUT2D eigenvalue weighted by Crippen LogP contribution is 2.27. The molecule has 174 valence electrons. The van der Waals surface area contributed by atoms with Crippen LogP contribution in [0.25, 0.3) is 15.5 Å². The third kappa shape index (κ3) is 4.96. The predicted molar refractivity (Wildman–Crippen MR) is 143 cm³/mol. The number of fused-ring (bicyclic) bond motifs is 1. The molecule has 0 atom stereocenters. The Hall–Kier alpha value is -3.95. The van der Waals surface area contributed by atoms with Crippen molar-refractivity contribution in [2.75, 3.05) is 5.32 Å². The molecule has 3 aromatic carbocycles. The molecule has 2 aromatic heterocycles. The van der Waals surface area contributed by atoms with Crippen molar-refractivity contribution in [1.29, 1.82) is 0 Å². The predicted octanol–water partition coefficient (Wildman–Crippen LogP) is 5.06. The fraction of sp³-hybridized carbons (Fsp3) is 0.115. The molecule has 2 heterocycles. The Kier molecular flexibility index (Phi) is 6.60. The Balaban J connectivity index is 1.28. The van der Waals surface area contributed by atoms with Gasteiger partial charge in [-0.25, -0.2) is 0 Å². The second-order valence-corrected chi connectivity index (χ2v) is 9.21. The normalized spacial score (nSPS) is 11.0. The number of carbonyl (C=O) groups excluding carboxylic acids is 1. The van der Waals surface area contributed by atoms with Gasteiger partial charge in [-0.05, 0) is 47.6 Å². The highest BCUT2D eigenvalue weighted by molar-refractivity contribution is 7.80. The van der Waals surface area contributed by atoms with Gasteiger partial charge in [0.25, 0.3) is 0 Å². The average Bonchev–Trinajstić information content (AvgIpc) is 3.47. The molecule has 0 bridgehead atoms. The third-order valence-electron chi connectivity index (χ3n) is 5.53. The van der Waals surface area contributed by atoms with Gasteiger partial charge < -0.3 is 10.6 Å². The van der Waals surface area contributed by atoms with Crippen LogP contribution in [0.1, 0.15) is 29.8 Å². The van der Waals surface area contributed by atoms with Crippen molar-refractivity contribution in [1.82, 2.24) is 25.1 Å². The molecule has 0 spiro atoms. The van der Waals surface area contributed by atoms with Crippen molar-refractivity contribution in [2.45, 2.75) is 19.3 Å². The van der Waals surface area contributed by atoms with E-state index in [9.17, 15) is 4.79 Å². The van der Waals surface area contributed by atoms with Gasteiger partial charge in [0.05, 0.1) is 5.92 Å². The highest BCUT2D eigenvalue weighted by Gasteiger charge is 2.23. The number of aryl methyl sites for hydroxylation is 1. The van der Waals surface area contributed by atoms with Crippen LogP contribution >= 0.6 is 23.6 Å². The molecule has 1 amide bonds. The number of benzene rings is 3. The molecule has 0 saturated heterocycles. The molecule has 0 saturated carbocycles. The number of nitrogens with zero attached hydrogens (tertiary/aromatic N) is 4. The molecule has 0 radical (unpaired) electrons. The number of hydrogen-bond donors (Lipinski definition) is 2. The Morgan fingerprint density at radius 3 is 2.17 bits per heavy atom. The zero-order valence-electron chi connectivity index (χ0n) is 18.9. The number of nitrogens with one attached hydrogen (secondary N) is 2. The topological polar surface area (TPSA) is 84.2 Å². The summed E-state index contributed by atoms with van der Waals surface area (Å²) in [7, 11) is 0. The standard InChI is InChI=1S/C26H22N6OS2/c1-2-21-29-30-26-32(21)31-24(35-26)19-13-15-20(16-14-19)27-25(34)28-23(33)22(17-9-5-3-6-10-17)18-11-7-4-8-12-18/h3-16,22H,2H2,1H3,(H2,27,28,33,34). The summed E-state index contributed by atoms with van der Waals surface area (Å²) in [5.41, 5.74) is 3.54. The van der Waals surface area contributed by atoms with E-state index in [2.05, 4.69) is 25.9 Å². The molecular formula is C26H22N6OS2. The smallest absolute Gasteiger partial charge is 0.238 e. The van der Waals surface area contributed by atoms with E-state index in [0.29, 0.717) is 0 Å². The van der Waals surface area contributed by atoms with E-state index in [1.807, 2.05) is 91.9 Å². The summed E-state index contributed by atoms with van der Waals surface area (Å²) in [6.07, 6.45) is 0.770. The van der Waals surface area contributed by atoms with Crippen LogP contribution in [-0.2, 0) is 11.2 Å². The van der Waals surface area contributed by atoms with Crippen LogP contribution < -0.4 is 10.6 Å². The SMILES string of the molecule is CCc1nnc2sc(-c3ccc(NC(=S)NC(=O)C(c4ccccc4)c4ccccc4)cc3)nn12. The molecule has 0 aliphatic heterocycles. The van der Waals surface area contributed by atoms with Crippen LogP contribution in [0.3, 0.4) is 0 Å². The lowest BCUT2D eigenvalue weighted by Crippen LogP contribution is -2.37. The van der Waals surface area contributed by atoms with Gasteiger partial charge in [-0.3, -0.25) is 4.79 Å². The minimum Gasteiger partial charge on any atom is -0.332 e. The first kappa shape index (κ1) is 22.8. The van der Waals surface area contributed by atoms with Crippen molar-refractivity contribution in [3.05, 3.63) is 102 Å². The minimum atomic E-state index is -0.467. The fourth-order valence-corrected chi connectivity index (χ4v) is 4.91. The maximum Gasteiger partial charge on any atom is 0.238 e. The lowest BCUT2D eigenvalue weighted by Gasteiger charge is -2.18. The average molecular weight is 499 g/mol. The molecule has 9 heteroatoms. The zero-order chi connectivity index (χ0) is 24.2. The summed E-state index contributed by atoms with van der Waals surface area (Å²) in [6, 6.07) is 27.1. The van der Waals surface area contributed by atoms with E-state index < -0.39 is 5.92 Å². The first-order valence-electron chi connectivity index (χ1n) is 11.2. The van der Waals surface area contributed by atoms with E-state index in [1.165, 1.54) is 11.3 Å². The van der Waals surface area contributed by atoms with Gasteiger partial charge >= 0.3 is 0 Å². The van der Waals surface area contributed by atoms with Crippen LogP contribution in [0.15, 0.2) is 84.9 Å². The van der Waals surface area contributed by atoms with Gasteiger partial charge in [0.2, 0.25) is 10.9 Å². The van der Waals surface area contributed by atoms with Crippen LogP contribution in [0.4, 0.5) is 5.69 Å². The van der Waals surface area contributed by atoms with E-state index in [0.717, 1.165) is 44.6 Å². The second-order valence-electron chi connectivity index (χ2n) is 7.85. The van der Waals surface area contributed by atoms with Gasteiger partial charge in [-0.2, -0.15) is 9.61 Å². The summed E-state index contributed by atoms with van der Waals surface area (Å²) in [6.45, 7) is 2.03. The van der Waals surface area contributed by atoms with Crippen LogP contribution in [0.2, 0.25) is 0 Å².